The highest BCUT2D eigenvalue weighted by Crippen LogP contribution is 2.29. The number of hydrogen-bond acceptors (Lipinski definition) is 6. The molecule has 0 aliphatic carbocycles. The van der Waals surface area contributed by atoms with Crippen molar-refractivity contribution in [1.29, 1.82) is 0 Å². The lowest BCUT2D eigenvalue weighted by molar-refractivity contribution is -0.137. The van der Waals surface area contributed by atoms with E-state index >= 15 is 0 Å². The standard InChI is InChI=1S/C26H21F3N4O3S/c1-2-36-20-13-11-19(12-14-20)33-24(35)21-5-3-4-6-22(21)31-25(33)37-16-23(34)32-30-15-17-7-9-18(10-8-17)26(27,28)29/h3-15H,2,16H2,1H3,(H,32,34). The molecule has 0 fully saturated rings. The van der Waals surface area contributed by atoms with Gasteiger partial charge in [0.05, 0.1) is 40.7 Å². The Morgan fingerprint density at radius 2 is 1.78 bits per heavy atom. The molecule has 0 saturated heterocycles. The highest BCUT2D eigenvalue weighted by molar-refractivity contribution is 7.99. The van der Waals surface area contributed by atoms with Gasteiger partial charge in [0.25, 0.3) is 11.5 Å². The maximum absolute atomic E-state index is 13.3. The minimum Gasteiger partial charge on any atom is -0.494 e. The molecule has 37 heavy (non-hydrogen) atoms. The van der Waals surface area contributed by atoms with Gasteiger partial charge in [0.1, 0.15) is 5.75 Å². The molecular formula is C26H21F3N4O3S. The van der Waals surface area contributed by atoms with Crippen LogP contribution in [0.4, 0.5) is 13.2 Å². The third-order valence-electron chi connectivity index (χ3n) is 5.12. The molecule has 0 spiro atoms. The summed E-state index contributed by atoms with van der Waals surface area (Å²) in [6, 6.07) is 18.3. The van der Waals surface area contributed by atoms with Crippen LogP contribution in [-0.4, -0.2) is 34.0 Å². The van der Waals surface area contributed by atoms with Crippen LogP contribution < -0.4 is 15.7 Å². The maximum Gasteiger partial charge on any atom is 0.416 e. The average Bonchev–Trinajstić information content (AvgIpc) is 2.88. The van der Waals surface area contributed by atoms with E-state index in [1.54, 1.807) is 48.5 Å². The number of halogens is 3. The van der Waals surface area contributed by atoms with Crippen molar-refractivity contribution in [3.05, 3.63) is 94.3 Å². The molecule has 0 bridgehead atoms. The van der Waals surface area contributed by atoms with Crippen molar-refractivity contribution in [2.24, 2.45) is 5.10 Å². The van der Waals surface area contributed by atoms with Gasteiger partial charge in [-0.2, -0.15) is 18.3 Å². The molecular weight excluding hydrogens is 505 g/mol. The molecule has 0 radical (unpaired) electrons. The summed E-state index contributed by atoms with van der Waals surface area (Å²) < 4.78 is 44.9. The fourth-order valence-electron chi connectivity index (χ4n) is 3.39. The number of fused-ring (bicyclic) bond motifs is 1. The van der Waals surface area contributed by atoms with Gasteiger partial charge in [0.2, 0.25) is 0 Å². The van der Waals surface area contributed by atoms with Gasteiger partial charge in [0.15, 0.2) is 5.16 Å². The molecule has 1 N–H and O–H groups in total. The van der Waals surface area contributed by atoms with Gasteiger partial charge in [-0.1, -0.05) is 36.0 Å². The Morgan fingerprint density at radius 3 is 2.46 bits per heavy atom. The number of nitrogens with zero attached hydrogens (tertiary/aromatic N) is 3. The number of benzene rings is 3. The minimum absolute atomic E-state index is 0.105. The molecule has 3 aromatic carbocycles. The summed E-state index contributed by atoms with van der Waals surface area (Å²) in [5, 5.41) is 4.55. The lowest BCUT2D eigenvalue weighted by Gasteiger charge is -2.13. The van der Waals surface area contributed by atoms with Gasteiger partial charge in [-0.05, 0) is 61.0 Å². The van der Waals surface area contributed by atoms with Crippen LogP contribution in [0.5, 0.6) is 5.75 Å². The SMILES string of the molecule is CCOc1ccc(-n2c(SCC(=O)NN=Cc3ccc(C(F)(F)F)cc3)nc3ccccc3c2=O)cc1. The number of alkyl halides is 3. The summed E-state index contributed by atoms with van der Waals surface area (Å²) >= 11 is 1.05. The van der Waals surface area contributed by atoms with Crippen molar-refractivity contribution >= 4 is 34.8 Å². The van der Waals surface area contributed by atoms with Crippen LogP contribution in [0, 0.1) is 0 Å². The van der Waals surface area contributed by atoms with Crippen LogP contribution in [0.1, 0.15) is 18.1 Å². The Morgan fingerprint density at radius 1 is 1.08 bits per heavy atom. The van der Waals surface area contributed by atoms with E-state index < -0.39 is 17.6 Å². The molecule has 4 rings (SSSR count). The van der Waals surface area contributed by atoms with E-state index in [9.17, 15) is 22.8 Å². The van der Waals surface area contributed by atoms with Gasteiger partial charge in [-0.15, -0.1) is 0 Å². The van der Waals surface area contributed by atoms with Crippen molar-refractivity contribution in [2.75, 3.05) is 12.4 Å². The number of carbonyl (C=O) groups is 1. The molecule has 1 aromatic heterocycles. The van der Waals surface area contributed by atoms with E-state index in [2.05, 4.69) is 15.5 Å². The number of ether oxygens (including phenoxy) is 1. The average molecular weight is 527 g/mol. The summed E-state index contributed by atoms with van der Waals surface area (Å²) in [6.07, 6.45) is -3.18. The smallest absolute Gasteiger partial charge is 0.416 e. The highest BCUT2D eigenvalue weighted by atomic mass is 32.2. The van der Waals surface area contributed by atoms with Gasteiger partial charge in [0, 0.05) is 0 Å². The van der Waals surface area contributed by atoms with Gasteiger partial charge in [-0.25, -0.2) is 10.4 Å². The number of aromatic nitrogens is 2. The van der Waals surface area contributed by atoms with Crippen molar-refractivity contribution in [2.45, 2.75) is 18.3 Å². The Bertz CT molecular complexity index is 1480. The molecule has 0 atom stereocenters. The number of hydrogen-bond donors (Lipinski definition) is 1. The van der Waals surface area contributed by atoms with Gasteiger partial charge < -0.3 is 4.74 Å². The van der Waals surface area contributed by atoms with Crippen molar-refractivity contribution in [3.63, 3.8) is 0 Å². The molecule has 0 aliphatic rings. The number of para-hydroxylation sites is 1. The van der Waals surface area contributed by atoms with Crippen LogP contribution in [0.2, 0.25) is 0 Å². The van der Waals surface area contributed by atoms with Gasteiger partial charge in [-0.3, -0.25) is 14.2 Å². The third kappa shape index (κ3) is 6.36. The zero-order chi connectivity index (χ0) is 26.4. The Labute approximate surface area is 214 Å². The quantitative estimate of drug-likeness (QED) is 0.150. The van der Waals surface area contributed by atoms with E-state index in [1.807, 2.05) is 6.92 Å². The molecule has 0 saturated carbocycles. The predicted octanol–water partition coefficient (Wildman–Crippen LogP) is 5.05. The Kier molecular flexibility index (Phi) is 7.92. The Hall–Kier alpha value is -4.12. The van der Waals surface area contributed by atoms with Crippen LogP contribution >= 0.6 is 11.8 Å². The third-order valence-corrected chi connectivity index (χ3v) is 6.06. The monoisotopic (exact) mass is 526 g/mol. The first kappa shape index (κ1) is 26.0. The van der Waals surface area contributed by atoms with Crippen molar-refractivity contribution in [1.82, 2.24) is 15.0 Å². The number of hydrazone groups is 1. The number of nitrogens with one attached hydrogen (secondary N) is 1. The van der Waals surface area contributed by atoms with E-state index in [0.29, 0.717) is 39.7 Å². The molecule has 0 unspecified atom stereocenters. The summed E-state index contributed by atoms with van der Waals surface area (Å²) in [4.78, 5) is 30.3. The number of amides is 1. The van der Waals surface area contributed by atoms with Crippen LogP contribution in [-0.2, 0) is 11.0 Å². The number of carbonyl (C=O) groups excluding carboxylic acids is 1. The summed E-state index contributed by atoms with van der Waals surface area (Å²) in [7, 11) is 0. The topological polar surface area (TPSA) is 85.6 Å². The molecule has 0 aliphatic heterocycles. The van der Waals surface area contributed by atoms with Crippen molar-refractivity contribution in [3.8, 4) is 11.4 Å². The summed E-state index contributed by atoms with van der Waals surface area (Å²) in [5.41, 5.74) is 2.74. The maximum atomic E-state index is 13.3. The first-order valence-corrected chi connectivity index (χ1v) is 12.1. The van der Waals surface area contributed by atoms with E-state index in [-0.39, 0.29) is 11.3 Å². The van der Waals surface area contributed by atoms with Crippen LogP contribution in [0.15, 0.2) is 87.8 Å². The second-order valence-electron chi connectivity index (χ2n) is 7.68. The fraction of sp³-hybridized carbons (Fsp3) is 0.154. The lowest BCUT2D eigenvalue weighted by Crippen LogP contribution is -2.24. The lowest BCUT2D eigenvalue weighted by atomic mass is 10.1. The molecule has 190 valence electrons. The van der Waals surface area contributed by atoms with Gasteiger partial charge >= 0.3 is 6.18 Å². The zero-order valence-electron chi connectivity index (χ0n) is 19.5. The fourth-order valence-corrected chi connectivity index (χ4v) is 4.20. The first-order valence-electron chi connectivity index (χ1n) is 11.1. The first-order chi connectivity index (χ1) is 17.8. The second-order valence-corrected chi connectivity index (χ2v) is 8.62. The molecule has 4 aromatic rings. The van der Waals surface area contributed by atoms with Crippen molar-refractivity contribution < 1.29 is 22.7 Å². The molecule has 1 amide bonds. The predicted molar refractivity (Wildman–Crippen MR) is 136 cm³/mol. The summed E-state index contributed by atoms with van der Waals surface area (Å²) in [5.74, 6) is 0.0768. The van der Waals surface area contributed by atoms with E-state index in [0.717, 1.165) is 23.9 Å². The molecule has 1 heterocycles. The molecule has 7 nitrogen and oxygen atoms in total. The van der Waals surface area contributed by atoms with E-state index in [1.165, 1.54) is 22.9 Å². The Balaban J connectivity index is 1.50. The number of thioether (sulfide) groups is 1. The van der Waals surface area contributed by atoms with Crippen LogP contribution in [0.25, 0.3) is 16.6 Å². The highest BCUT2D eigenvalue weighted by Gasteiger charge is 2.29. The van der Waals surface area contributed by atoms with Crippen LogP contribution in [0.3, 0.4) is 0 Å². The number of rotatable bonds is 8. The zero-order valence-corrected chi connectivity index (χ0v) is 20.3. The minimum atomic E-state index is -4.43. The summed E-state index contributed by atoms with van der Waals surface area (Å²) in [6.45, 7) is 2.38. The molecule has 11 heteroatoms. The second kappa shape index (κ2) is 11.3. The normalized spacial score (nSPS) is 11.7. The largest absolute Gasteiger partial charge is 0.494 e. The van der Waals surface area contributed by atoms with E-state index in [4.69, 9.17) is 4.74 Å².